The number of Topliss-reactive ketones (excluding diaryl/α,β-unsaturated/α-hetero) is 1. The molecule has 0 fully saturated rings. The Morgan fingerprint density at radius 1 is 1.53 bits per heavy atom. The summed E-state index contributed by atoms with van der Waals surface area (Å²) in [6.45, 7) is 1.16. The highest BCUT2D eigenvalue weighted by Gasteiger charge is 2.11. The van der Waals surface area contributed by atoms with Crippen LogP contribution in [0.2, 0.25) is 5.28 Å². The lowest BCUT2D eigenvalue weighted by atomic mass is 10.2. The lowest BCUT2D eigenvalue weighted by molar-refractivity contribution is -0.117. The van der Waals surface area contributed by atoms with Crippen LogP contribution in [0.25, 0.3) is 10.9 Å². The number of fused-ring (bicyclic) bond motifs is 1. The SMILES string of the molecule is CC(=O)Cn1c(Cl)nc2ccc(F)cc2c1=O. The molecule has 2 aromatic rings. The van der Waals surface area contributed by atoms with Crippen LogP contribution in [0.1, 0.15) is 6.92 Å². The third-order valence-electron chi connectivity index (χ3n) is 2.25. The minimum atomic E-state index is -0.534. The van der Waals surface area contributed by atoms with E-state index in [1.54, 1.807) is 0 Å². The standard InChI is InChI=1S/C11H8ClFN2O2/c1-6(16)5-15-10(17)8-4-7(13)2-3-9(8)14-11(15)12/h2-4H,5H2,1H3. The summed E-state index contributed by atoms with van der Waals surface area (Å²) in [5.41, 5.74) is -0.212. The summed E-state index contributed by atoms with van der Waals surface area (Å²) in [5.74, 6) is -0.764. The number of halogens is 2. The predicted octanol–water partition coefficient (Wildman–Crippen LogP) is 1.78. The van der Waals surface area contributed by atoms with Gasteiger partial charge >= 0.3 is 0 Å². The van der Waals surface area contributed by atoms with E-state index in [2.05, 4.69) is 4.98 Å². The average Bonchev–Trinajstić information content (AvgIpc) is 2.25. The summed E-state index contributed by atoms with van der Waals surface area (Å²) in [6.07, 6.45) is 0. The fraction of sp³-hybridized carbons (Fsp3) is 0.182. The van der Waals surface area contributed by atoms with Gasteiger partial charge in [-0.05, 0) is 36.7 Å². The number of benzene rings is 1. The Kier molecular flexibility index (Phi) is 2.93. The number of aromatic nitrogens is 2. The molecule has 0 saturated carbocycles. The third kappa shape index (κ3) is 2.19. The Labute approximate surface area is 101 Å². The summed E-state index contributed by atoms with van der Waals surface area (Å²) in [5, 5.41) is 0.0277. The average molecular weight is 255 g/mol. The molecule has 1 aromatic heterocycles. The number of ketones is 1. The van der Waals surface area contributed by atoms with Gasteiger partial charge in [0, 0.05) is 0 Å². The number of hydrogen-bond acceptors (Lipinski definition) is 3. The number of carbonyl (C=O) groups is 1. The minimum absolute atomic E-state index is 0.0793. The molecule has 0 bridgehead atoms. The molecule has 0 amide bonds. The van der Waals surface area contributed by atoms with Crippen molar-refractivity contribution in [3.63, 3.8) is 0 Å². The molecule has 0 aliphatic heterocycles. The Morgan fingerprint density at radius 2 is 2.24 bits per heavy atom. The van der Waals surface area contributed by atoms with Gasteiger partial charge in [-0.15, -0.1) is 0 Å². The fourth-order valence-electron chi connectivity index (χ4n) is 1.53. The highest BCUT2D eigenvalue weighted by atomic mass is 35.5. The van der Waals surface area contributed by atoms with E-state index >= 15 is 0 Å². The maximum absolute atomic E-state index is 13.0. The van der Waals surface area contributed by atoms with E-state index in [0.717, 1.165) is 10.6 Å². The first-order valence-corrected chi connectivity index (χ1v) is 5.22. The first kappa shape index (κ1) is 11.7. The van der Waals surface area contributed by atoms with Crippen molar-refractivity contribution in [1.29, 1.82) is 0 Å². The third-order valence-corrected chi connectivity index (χ3v) is 2.54. The molecule has 0 saturated heterocycles. The minimum Gasteiger partial charge on any atom is -0.298 e. The Bertz CT molecular complexity index is 666. The molecule has 0 radical (unpaired) electrons. The zero-order valence-corrected chi connectivity index (χ0v) is 9.66. The summed E-state index contributed by atoms with van der Waals surface area (Å²) in [7, 11) is 0. The lowest BCUT2D eigenvalue weighted by Crippen LogP contribution is -2.25. The Balaban J connectivity index is 2.78. The van der Waals surface area contributed by atoms with Crippen molar-refractivity contribution in [2.75, 3.05) is 0 Å². The molecule has 0 N–H and O–H groups in total. The molecule has 6 heteroatoms. The molecule has 1 aromatic carbocycles. The van der Waals surface area contributed by atoms with Crippen molar-refractivity contribution in [2.45, 2.75) is 13.5 Å². The maximum atomic E-state index is 13.0. The first-order valence-electron chi connectivity index (χ1n) is 4.84. The van der Waals surface area contributed by atoms with Gasteiger partial charge < -0.3 is 0 Å². The van der Waals surface area contributed by atoms with Gasteiger partial charge in [-0.2, -0.15) is 0 Å². The van der Waals surface area contributed by atoms with Gasteiger partial charge in [0.15, 0.2) is 0 Å². The van der Waals surface area contributed by atoms with E-state index in [4.69, 9.17) is 11.6 Å². The van der Waals surface area contributed by atoms with Gasteiger partial charge in [-0.1, -0.05) is 0 Å². The van der Waals surface area contributed by atoms with Gasteiger partial charge in [0.1, 0.15) is 11.6 Å². The zero-order chi connectivity index (χ0) is 12.6. The smallest absolute Gasteiger partial charge is 0.262 e. The van der Waals surface area contributed by atoms with Crippen molar-refractivity contribution in [1.82, 2.24) is 9.55 Å². The van der Waals surface area contributed by atoms with Crippen molar-refractivity contribution in [3.8, 4) is 0 Å². The van der Waals surface area contributed by atoms with Gasteiger partial charge in [0.2, 0.25) is 5.28 Å². The summed E-state index contributed by atoms with van der Waals surface area (Å²) in [6, 6.07) is 3.65. The molecule has 1 heterocycles. The first-order chi connectivity index (χ1) is 7.99. The monoisotopic (exact) mass is 254 g/mol. The van der Waals surface area contributed by atoms with Gasteiger partial charge in [0.05, 0.1) is 17.4 Å². The molecule has 4 nitrogen and oxygen atoms in total. The quantitative estimate of drug-likeness (QED) is 0.768. The van der Waals surface area contributed by atoms with Gasteiger partial charge in [0.25, 0.3) is 5.56 Å². The molecule has 0 aliphatic carbocycles. The molecule has 0 spiro atoms. The van der Waals surface area contributed by atoms with Crippen LogP contribution in [-0.4, -0.2) is 15.3 Å². The van der Waals surface area contributed by atoms with E-state index < -0.39 is 11.4 Å². The molecular weight excluding hydrogens is 247 g/mol. The highest BCUT2D eigenvalue weighted by Crippen LogP contribution is 2.13. The van der Waals surface area contributed by atoms with E-state index in [-0.39, 0.29) is 23.0 Å². The second kappa shape index (κ2) is 4.25. The fourth-order valence-corrected chi connectivity index (χ4v) is 1.75. The molecule has 0 atom stereocenters. The maximum Gasteiger partial charge on any atom is 0.262 e. The van der Waals surface area contributed by atoms with Crippen molar-refractivity contribution in [3.05, 3.63) is 39.7 Å². The van der Waals surface area contributed by atoms with Crippen LogP contribution in [0.15, 0.2) is 23.0 Å². The van der Waals surface area contributed by atoms with Gasteiger partial charge in [-0.3, -0.25) is 14.2 Å². The van der Waals surface area contributed by atoms with Crippen LogP contribution < -0.4 is 5.56 Å². The molecule has 0 aliphatic rings. The van der Waals surface area contributed by atoms with E-state index in [1.165, 1.54) is 19.1 Å². The number of nitrogens with zero attached hydrogens (tertiary/aromatic N) is 2. The normalized spacial score (nSPS) is 10.8. The zero-order valence-electron chi connectivity index (χ0n) is 8.91. The van der Waals surface area contributed by atoms with Crippen LogP contribution >= 0.6 is 11.6 Å². The van der Waals surface area contributed by atoms with Crippen molar-refractivity contribution >= 4 is 28.3 Å². The Hall–Kier alpha value is -1.75. The Morgan fingerprint density at radius 3 is 2.88 bits per heavy atom. The largest absolute Gasteiger partial charge is 0.298 e. The second-order valence-corrected chi connectivity index (χ2v) is 3.97. The highest BCUT2D eigenvalue weighted by molar-refractivity contribution is 6.28. The number of hydrogen-bond donors (Lipinski definition) is 0. The predicted molar refractivity (Wildman–Crippen MR) is 61.7 cm³/mol. The topological polar surface area (TPSA) is 52.0 Å². The summed E-state index contributed by atoms with van der Waals surface area (Å²) >= 11 is 5.80. The van der Waals surface area contributed by atoms with Crippen LogP contribution in [0, 0.1) is 5.82 Å². The van der Waals surface area contributed by atoms with Crippen molar-refractivity contribution in [2.24, 2.45) is 0 Å². The second-order valence-electron chi connectivity index (χ2n) is 3.64. The molecule has 0 unspecified atom stereocenters. The van der Waals surface area contributed by atoms with Crippen LogP contribution in [0.5, 0.6) is 0 Å². The van der Waals surface area contributed by atoms with Crippen LogP contribution in [-0.2, 0) is 11.3 Å². The molecular formula is C11H8ClFN2O2. The molecule has 88 valence electrons. The van der Waals surface area contributed by atoms with Gasteiger partial charge in [-0.25, -0.2) is 9.37 Å². The van der Waals surface area contributed by atoms with E-state index in [9.17, 15) is 14.0 Å². The van der Waals surface area contributed by atoms with E-state index in [1.807, 2.05) is 0 Å². The summed E-state index contributed by atoms with van der Waals surface area (Å²) in [4.78, 5) is 26.9. The van der Waals surface area contributed by atoms with Crippen LogP contribution in [0.3, 0.4) is 0 Å². The number of carbonyl (C=O) groups excluding carboxylic acids is 1. The van der Waals surface area contributed by atoms with Crippen molar-refractivity contribution < 1.29 is 9.18 Å². The molecule has 17 heavy (non-hydrogen) atoms. The summed E-state index contributed by atoms with van der Waals surface area (Å²) < 4.78 is 14.1. The molecule has 2 rings (SSSR count). The lowest BCUT2D eigenvalue weighted by Gasteiger charge is -2.07. The number of rotatable bonds is 2. The van der Waals surface area contributed by atoms with E-state index in [0.29, 0.717) is 5.52 Å². The van der Waals surface area contributed by atoms with Crippen LogP contribution in [0.4, 0.5) is 4.39 Å².